The molecule has 8 nitrogen and oxygen atoms in total. The molecule has 0 aromatic carbocycles. The Bertz CT molecular complexity index is 1010. The van der Waals surface area contributed by atoms with Crippen molar-refractivity contribution in [1.82, 2.24) is 23.9 Å². The first kappa shape index (κ1) is 18.9. The van der Waals surface area contributed by atoms with E-state index in [1.54, 1.807) is 15.2 Å². The van der Waals surface area contributed by atoms with Crippen molar-refractivity contribution in [2.45, 2.75) is 52.7 Å². The largest absolute Gasteiger partial charge is 0.465 e. The molecule has 0 aliphatic carbocycles. The van der Waals surface area contributed by atoms with Gasteiger partial charge < -0.3 is 4.74 Å². The molecule has 0 unspecified atom stereocenters. The summed E-state index contributed by atoms with van der Waals surface area (Å²) in [4.78, 5) is 29.6. The Morgan fingerprint density at radius 3 is 2.59 bits per heavy atom. The second-order valence-corrected chi connectivity index (χ2v) is 6.43. The van der Waals surface area contributed by atoms with Crippen molar-refractivity contribution in [3.8, 4) is 0 Å². The Balaban J connectivity index is 2.20. The van der Waals surface area contributed by atoms with E-state index in [0.29, 0.717) is 23.3 Å². The number of rotatable bonds is 7. The highest BCUT2D eigenvalue weighted by atomic mass is 16.5. The molecular weight excluding hydrogens is 346 g/mol. The summed E-state index contributed by atoms with van der Waals surface area (Å²) in [6, 6.07) is 3.62. The number of ether oxygens (including phenoxy) is 1. The minimum absolute atomic E-state index is 0.0472. The molecule has 0 atom stereocenters. The number of imidazole rings is 1. The van der Waals surface area contributed by atoms with Crippen LogP contribution in [0.3, 0.4) is 0 Å². The van der Waals surface area contributed by atoms with Gasteiger partial charge in [0.05, 0.1) is 30.4 Å². The van der Waals surface area contributed by atoms with Gasteiger partial charge in [-0.1, -0.05) is 13.8 Å². The number of hydrogen-bond donors (Lipinski definition) is 0. The zero-order chi connectivity index (χ0) is 19.6. The molecule has 3 heterocycles. The van der Waals surface area contributed by atoms with Crippen LogP contribution in [0.15, 0.2) is 29.3 Å². The van der Waals surface area contributed by atoms with Crippen molar-refractivity contribution in [2.75, 3.05) is 7.11 Å². The molecule has 3 aromatic rings. The summed E-state index contributed by atoms with van der Waals surface area (Å²) < 4.78 is 9.98. The van der Waals surface area contributed by atoms with Gasteiger partial charge in [0, 0.05) is 25.0 Å². The molecule has 0 aliphatic heterocycles. The van der Waals surface area contributed by atoms with Gasteiger partial charge in [-0.15, -0.1) is 0 Å². The smallest absolute Gasteiger partial charge is 0.339 e. The van der Waals surface area contributed by atoms with Crippen molar-refractivity contribution in [1.29, 1.82) is 0 Å². The molecule has 0 saturated heterocycles. The average molecular weight is 371 g/mol. The molecule has 0 spiro atoms. The van der Waals surface area contributed by atoms with E-state index in [-0.39, 0.29) is 11.7 Å². The first-order valence-electron chi connectivity index (χ1n) is 9.25. The van der Waals surface area contributed by atoms with Crippen LogP contribution in [0.4, 0.5) is 0 Å². The van der Waals surface area contributed by atoms with E-state index in [2.05, 4.69) is 23.9 Å². The summed E-state index contributed by atoms with van der Waals surface area (Å²) in [7, 11) is 1.33. The summed E-state index contributed by atoms with van der Waals surface area (Å²) in [5.74, 6) is -0.478. The van der Waals surface area contributed by atoms with Gasteiger partial charge in [0.25, 0.3) is 0 Å². The maximum atomic E-state index is 13.2. The second kappa shape index (κ2) is 7.77. The number of aromatic nitrogens is 5. The lowest BCUT2D eigenvalue weighted by Gasteiger charge is -2.13. The monoisotopic (exact) mass is 371 g/mol. The van der Waals surface area contributed by atoms with Gasteiger partial charge in [-0.3, -0.25) is 13.8 Å². The number of nitrogens with zero attached hydrogens (tertiary/aromatic N) is 5. The van der Waals surface area contributed by atoms with Crippen molar-refractivity contribution in [3.05, 3.63) is 46.3 Å². The zero-order valence-corrected chi connectivity index (χ0v) is 16.2. The summed E-state index contributed by atoms with van der Waals surface area (Å²) >= 11 is 0. The molecule has 0 amide bonds. The summed E-state index contributed by atoms with van der Waals surface area (Å²) in [5, 5.41) is 4.48. The maximum absolute atomic E-state index is 13.2. The van der Waals surface area contributed by atoms with Gasteiger partial charge in [0.2, 0.25) is 0 Å². The quantitative estimate of drug-likeness (QED) is 0.596. The molecule has 3 rings (SSSR count). The van der Waals surface area contributed by atoms with Crippen LogP contribution in [-0.2, 0) is 17.8 Å². The maximum Gasteiger partial charge on any atom is 0.339 e. The molecule has 27 heavy (non-hydrogen) atoms. The second-order valence-electron chi connectivity index (χ2n) is 6.43. The van der Waals surface area contributed by atoms with Gasteiger partial charge in [-0.2, -0.15) is 5.10 Å². The van der Waals surface area contributed by atoms with E-state index in [9.17, 15) is 9.59 Å². The molecule has 8 heteroatoms. The van der Waals surface area contributed by atoms with Crippen molar-refractivity contribution >= 4 is 17.1 Å². The fourth-order valence-electron chi connectivity index (χ4n) is 3.35. The lowest BCUT2D eigenvalue weighted by molar-refractivity contribution is 0.0600. The average Bonchev–Trinajstić information content (AvgIpc) is 3.26. The SMILES string of the molecule is CCC(CC)n1c(=O)n(Cc2ccn(CC)n2)c2cc(C(=O)OC)cnc21. The fourth-order valence-corrected chi connectivity index (χ4v) is 3.35. The van der Waals surface area contributed by atoms with E-state index in [4.69, 9.17) is 4.74 Å². The number of fused-ring (bicyclic) bond motifs is 1. The molecular formula is C19H25N5O3. The van der Waals surface area contributed by atoms with Gasteiger partial charge in [0.15, 0.2) is 5.65 Å². The zero-order valence-electron chi connectivity index (χ0n) is 16.2. The van der Waals surface area contributed by atoms with E-state index in [0.717, 1.165) is 25.1 Å². The third-order valence-electron chi connectivity index (χ3n) is 4.87. The normalized spacial score (nSPS) is 11.4. The van der Waals surface area contributed by atoms with Crippen molar-refractivity contribution < 1.29 is 9.53 Å². The minimum atomic E-state index is -0.478. The number of aryl methyl sites for hydroxylation is 1. The topological polar surface area (TPSA) is 83.9 Å². The summed E-state index contributed by atoms with van der Waals surface area (Å²) in [6.45, 7) is 7.19. The number of esters is 1. The molecule has 0 N–H and O–H groups in total. The van der Waals surface area contributed by atoms with Gasteiger partial charge in [-0.05, 0) is 31.9 Å². The molecule has 0 fully saturated rings. The van der Waals surface area contributed by atoms with E-state index in [1.807, 2.05) is 23.9 Å². The lowest BCUT2D eigenvalue weighted by Crippen LogP contribution is -2.27. The van der Waals surface area contributed by atoms with E-state index in [1.165, 1.54) is 13.3 Å². The predicted molar refractivity (Wildman–Crippen MR) is 102 cm³/mol. The third-order valence-corrected chi connectivity index (χ3v) is 4.87. The Kier molecular flexibility index (Phi) is 5.43. The third kappa shape index (κ3) is 3.39. The standard InChI is InChI=1S/C19H25N5O3/c1-5-15(6-2)24-17-16(10-13(11-20-17)18(25)27-4)23(19(24)26)12-14-8-9-22(7-3)21-14/h8-11,15H,5-7,12H2,1-4H3. The molecule has 3 aromatic heterocycles. The molecule has 0 aliphatic rings. The number of methoxy groups -OCH3 is 1. The van der Waals surface area contributed by atoms with Crippen LogP contribution in [0.5, 0.6) is 0 Å². The Morgan fingerprint density at radius 2 is 2.00 bits per heavy atom. The van der Waals surface area contributed by atoms with Gasteiger partial charge >= 0.3 is 11.7 Å². The minimum Gasteiger partial charge on any atom is -0.465 e. The van der Waals surface area contributed by atoms with Crippen LogP contribution in [0.1, 0.15) is 55.7 Å². The van der Waals surface area contributed by atoms with Crippen LogP contribution < -0.4 is 5.69 Å². The highest BCUT2D eigenvalue weighted by Crippen LogP contribution is 2.22. The molecule has 0 bridgehead atoms. The van der Waals surface area contributed by atoms with E-state index < -0.39 is 5.97 Å². The predicted octanol–water partition coefficient (Wildman–Crippen LogP) is 2.61. The highest BCUT2D eigenvalue weighted by molar-refractivity contribution is 5.92. The number of carbonyl (C=O) groups excluding carboxylic acids is 1. The summed E-state index contributed by atoms with van der Waals surface area (Å²) in [5.41, 5.74) is 2.15. The van der Waals surface area contributed by atoms with Crippen molar-refractivity contribution in [3.63, 3.8) is 0 Å². The van der Waals surface area contributed by atoms with Crippen molar-refractivity contribution in [2.24, 2.45) is 0 Å². The van der Waals surface area contributed by atoms with Crippen LogP contribution in [-0.4, -0.2) is 37.0 Å². The fraction of sp³-hybridized carbons (Fsp3) is 0.474. The first-order valence-corrected chi connectivity index (χ1v) is 9.25. The molecule has 0 radical (unpaired) electrons. The lowest BCUT2D eigenvalue weighted by atomic mass is 10.1. The van der Waals surface area contributed by atoms with Gasteiger partial charge in [0.1, 0.15) is 0 Å². The van der Waals surface area contributed by atoms with Gasteiger partial charge in [-0.25, -0.2) is 14.6 Å². The first-order chi connectivity index (χ1) is 13.0. The van der Waals surface area contributed by atoms with Crippen LogP contribution in [0.25, 0.3) is 11.2 Å². The summed E-state index contributed by atoms with van der Waals surface area (Å²) in [6.07, 6.45) is 4.99. The highest BCUT2D eigenvalue weighted by Gasteiger charge is 2.21. The number of carbonyl (C=O) groups is 1. The Hall–Kier alpha value is -2.90. The molecule has 144 valence electrons. The van der Waals surface area contributed by atoms with Crippen LogP contribution in [0, 0.1) is 0 Å². The van der Waals surface area contributed by atoms with Crippen LogP contribution in [0.2, 0.25) is 0 Å². The Morgan fingerprint density at radius 1 is 1.26 bits per heavy atom. The number of hydrogen-bond acceptors (Lipinski definition) is 5. The Labute approximate surface area is 157 Å². The van der Waals surface area contributed by atoms with Crippen LogP contribution >= 0.6 is 0 Å². The molecule has 0 saturated carbocycles. The van der Waals surface area contributed by atoms with E-state index >= 15 is 0 Å². The number of pyridine rings is 1.